The van der Waals surface area contributed by atoms with Gasteiger partial charge in [0.15, 0.2) is 0 Å². The zero-order valence-electron chi connectivity index (χ0n) is 11.0. The molecule has 1 aliphatic carbocycles. The average Bonchev–Trinajstić information content (AvgIpc) is 2.38. The van der Waals surface area contributed by atoms with Gasteiger partial charge in [0.25, 0.3) is 0 Å². The van der Waals surface area contributed by atoms with Crippen LogP contribution in [-0.4, -0.2) is 35.5 Å². The molecule has 0 heterocycles. The minimum absolute atomic E-state index is 0.0637. The number of carbonyl (C=O) groups is 2. The summed E-state index contributed by atoms with van der Waals surface area (Å²) in [6.45, 7) is 0.669. The molecular weight excluding hydrogens is 250 g/mol. The first-order valence-electron chi connectivity index (χ1n) is 6.66. The van der Waals surface area contributed by atoms with Crippen molar-refractivity contribution in [2.75, 3.05) is 18.6 Å². The third-order valence-corrected chi connectivity index (χ3v) is 4.19. The third-order valence-electron chi connectivity index (χ3n) is 3.49. The largest absolute Gasteiger partial charge is 0.481 e. The van der Waals surface area contributed by atoms with E-state index in [2.05, 4.69) is 11.6 Å². The highest BCUT2D eigenvalue weighted by Crippen LogP contribution is 2.30. The van der Waals surface area contributed by atoms with Crippen molar-refractivity contribution < 1.29 is 14.7 Å². The molecule has 4 nitrogen and oxygen atoms in total. The molecule has 1 saturated carbocycles. The van der Waals surface area contributed by atoms with Gasteiger partial charge in [0.2, 0.25) is 5.91 Å². The number of rotatable bonds is 7. The van der Waals surface area contributed by atoms with E-state index in [1.807, 2.05) is 0 Å². The molecule has 1 rings (SSSR count). The fraction of sp³-hybridized carbons (Fsp3) is 0.846. The molecule has 1 fully saturated rings. The maximum absolute atomic E-state index is 12.0. The number of thioether (sulfide) groups is 1. The van der Waals surface area contributed by atoms with E-state index in [9.17, 15) is 9.59 Å². The summed E-state index contributed by atoms with van der Waals surface area (Å²) in [7, 11) is 0. The summed E-state index contributed by atoms with van der Waals surface area (Å²) in [6, 6.07) is 0. The molecular formula is C13H23NO3S. The second-order valence-electron chi connectivity index (χ2n) is 4.83. The minimum Gasteiger partial charge on any atom is -0.481 e. The first-order valence-corrected chi connectivity index (χ1v) is 8.05. The van der Waals surface area contributed by atoms with Crippen LogP contribution >= 0.6 is 11.8 Å². The quantitative estimate of drug-likeness (QED) is 0.697. The number of carbonyl (C=O) groups excluding carboxylic acids is 1. The second-order valence-corrected chi connectivity index (χ2v) is 5.81. The predicted octanol–water partition coefficient (Wildman–Crippen LogP) is 2.14. The van der Waals surface area contributed by atoms with E-state index < -0.39 is 11.9 Å². The summed E-state index contributed by atoms with van der Waals surface area (Å²) in [6.07, 6.45) is 7.37. The standard InChI is InChI=1S/C13H23NO3S/c1-18-9-5-4-8-14-12(15)10-6-2-3-7-11(10)13(16)17/h10-11H,2-9H2,1H3,(H,14,15)(H,16,17)/t10-,11+/m1/s1. The molecule has 0 radical (unpaired) electrons. The summed E-state index contributed by atoms with van der Waals surface area (Å²) in [5.41, 5.74) is 0. The zero-order valence-corrected chi connectivity index (χ0v) is 11.8. The van der Waals surface area contributed by atoms with Crippen molar-refractivity contribution in [1.82, 2.24) is 5.32 Å². The van der Waals surface area contributed by atoms with E-state index in [-0.39, 0.29) is 11.8 Å². The molecule has 104 valence electrons. The Morgan fingerprint density at radius 1 is 1.22 bits per heavy atom. The van der Waals surface area contributed by atoms with Gasteiger partial charge in [-0.2, -0.15) is 11.8 Å². The van der Waals surface area contributed by atoms with Gasteiger partial charge < -0.3 is 10.4 Å². The van der Waals surface area contributed by atoms with E-state index in [0.717, 1.165) is 31.4 Å². The van der Waals surface area contributed by atoms with E-state index in [0.29, 0.717) is 19.4 Å². The molecule has 1 amide bonds. The number of amides is 1. The first kappa shape index (κ1) is 15.3. The highest BCUT2D eigenvalue weighted by molar-refractivity contribution is 7.98. The van der Waals surface area contributed by atoms with Crippen molar-refractivity contribution in [3.63, 3.8) is 0 Å². The van der Waals surface area contributed by atoms with Crippen LogP contribution in [-0.2, 0) is 9.59 Å². The Hall–Kier alpha value is -0.710. The number of unbranched alkanes of at least 4 members (excludes halogenated alkanes) is 1. The summed E-state index contributed by atoms with van der Waals surface area (Å²) in [5, 5.41) is 12.0. The van der Waals surface area contributed by atoms with Crippen LogP contribution in [0, 0.1) is 11.8 Å². The van der Waals surface area contributed by atoms with E-state index in [1.54, 1.807) is 11.8 Å². The van der Waals surface area contributed by atoms with Crippen LogP contribution in [0.5, 0.6) is 0 Å². The SMILES string of the molecule is CSCCCCNC(=O)[C@@H]1CCCC[C@@H]1C(=O)O. The van der Waals surface area contributed by atoms with Crippen LogP contribution in [0.15, 0.2) is 0 Å². The Kier molecular flexibility index (Phi) is 7.16. The van der Waals surface area contributed by atoms with Crippen molar-refractivity contribution >= 4 is 23.6 Å². The van der Waals surface area contributed by atoms with Crippen molar-refractivity contribution in [2.45, 2.75) is 38.5 Å². The van der Waals surface area contributed by atoms with Gasteiger partial charge in [-0.1, -0.05) is 12.8 Å². The molecule has 1 aliphatic rings. The lowest BCUT2D eigenvalue weighted by Crippen LogP contribution is -2.40. The molecule has 0 aromatic rings. The molecule has 0 aromatic carbocycles. The lowest BCUT2D eigenvalue weighted by Gasteiger charge is -2.27. The second kappa shape index (κ2) is 8.40. The molecule has 2 N–H and O–H groups in total. The topological polar surface area (TPSA) is 66.4 Å². The lowest BCUT2D eigenvalue weighted by molar-refractivity contribution is -0.148. The normalized spacial score (nSPS) is 23.6. The molecule has 0 spiro atoms. The van der Waals surface area contributed by atoms with Gasteiger partial charge in [-0.3, -0.25) is 9.59 Å². The number of nitrogens with one attached hydrogen (secondary N) is 1. The van der Waals surface area contributed by atoms with Crippen molar-refractivity contribution in [3.8, 4) is 0 Å². The molecule has 2 atom stereocenters. The first-order chi connectivity index (χ1) is 8.66. The fourth-order valence-corrected chi connectivity index (χ4v) is 2.95. The highest BCUT2D eigenvalue weighted by Gasteiger charge is 2.35. The molecule has 0 aromatic heterocycles. The van der Waals surface area contributed by atoms with E-state index in [4.69, 9.17) is 5.11 Å². The van der Waals surface area contributed by atoms with Crippen molar-refractivity contribution in [1.29, 1.82) is 0 Å². The zero-order chi connectivity index (χ0) is 13.4. The van der Waals surface area contributed by atoms with E-state index in [1.165, 1.54) is 0 Å². The Morgan fingerprint density at radius 2 is 1.89 bits per heavy atom. The maximum Gasteiger partial charge on any atom is 0.307 e. The summed E-state index contributed by atoms with van der Waals surface area (Å²) in [4.78, 5) is 23.1. The van der Waals surface area contributed by atoms with Gasteiger partial charge in [0, 0.05) is 6.54 Å². The van der Waals surface area contributed by atoms with Crippen molar-refractivity contribution in [3.05, 3.63) is 0 Å². The van der Waals surface area contributed by atoms with Crippen LogP contribution in [0.1, 0.15) is 38.5 Å². The predicted molar refractivity (Wildman–Crippen MR) is 73.7 cm³/mol. The molecule has 0 bridgehead atoms. The number of hydrogen-bond donors (Lipinski definition) is 2. The number of hydrogen-bond acceptors (Lipinski definition) is 3. The van der Waals surface area contributed by atoms with Crippen molar-refractivity contribution in [2.24, 2.45) is 11.8 Å². The Morgan fingerprint density at radius 3 is 2.50 bits per heavy atom. The molecule has 5 heteroatoms. The molecule has 0 saturated heterocycles. The Labute approximate surface area is 113 Å². The van der Waals surface area contributed by atoms with Gasteiger partial charge in [0.1, 0.15) is 0 Å². The van der Waals surface area contributed by atoms with Crippen LogP contribution < -0.4 is 5.32 Å². The monoisotopic (exact) mass is 273 g/mol. The number of carboxylic acids is 1. The van der Waals surface area contributed by atoms with Crippen LogP contribution in [0.4, 0.5) is 0 Å². The number of carboxylic acid groups (broad SMARTS) is 1. The lowest BCUT2D eigenvalue weighted by atomic mass is 9.78. The van der Waals surface area contributed by atoms with Crippen LogP contribution in [0.3, 0.4) is 0 Å². The Balaban J connectivity index is 2.32. The van der Waals surface area contributed by atoms with Gasteiger partial charge in [-0.15, -0.1) is 0 Å². The maximum atomic E-state index is 12.0. The van der Waals surface area contributed by atoms with Gasteiger partial charge in [-0.05, 0) is 37.7 Å². The van der Waals surface area contributed by atoms with Crippen LogP contribution in [0.25, 0.3) is 0 Å². The summed E-state index contributed by atoms with van der Waals surface area (Å²) >= 11 is 1.80. The number of aliphatic carboxylic acids is 1. The minimum atomic E-state index is -0.822. The molecule has 0 unspecified atom stereocenters. The molecule has 0 aliphatic heterocycles. The Bertz CT molecular complexity index is 283. The summed E-state index contributed by atoms with van der Waals surface area (Å²) < 4.78 is 0. The third kappa shape index (κ3) is 4.88. The summed E-state index contributed by atoms with van der Waals surface area (Å²) in [5.74, 6) is -0.581. The average molecular weight is 273 g/mol. The van der Waals surface area contributed by atoms with Gasteiger partial charge >= 0.3 is 5.97 Å². The van der Waals surface area contributed by atoms with Crippen LogP contribution in [0.2, 0.25) is 0 Å². The fourth-order valence-electron chi connectivity index (χ4n) is 2.45. The smallest absolute Gasteiger partial charge is 0.307 e. The van der Waals surface area contributed by atoms with Gasteiger partial charge in [-0.25, -0.2) is 0 Å². The van der Waals surface area contributed by atoms with E-state index >= 15 is 0 Å². The molecule has 18 heavy (non-hydrogen) atoms. The van der Waals surface area contributed by atoms with Gasteiger partial charge in [0.05, 0.1) is 11.8 Å². The highest BCUT2D eigenvalue weighted by atomic mass is 32.2.